The molecule has 0 saturated heterocycles. The molecule has 0 unspecified atom stereocenters. The fourth-order valence-electron chi connectivity index (χ4n) is 1.80. The maximum atomic E-state index is 11.4. The molecule has 0 aromatic heterocycles. The van der Waals surface area contributed by atoms with Gasteiger partial charge >= 0.3 is 0 Å². The van der Waals surface area contributed by atoms with Crippen molar-refractivity contribution in [3.63, 3.8) is 0 Å². The quantitative estimate of drug-likeness (QED) is 0.724. The molecule has 0 aliphatic carbocycles. The standard InChI is InChI=1S/C14H22N2O2/c1-2-15-14(18)8-9-16(10-11-17)12-13-6-4-3-5-7-13/h3-7,17H,2,8-12H2,1H3,(H,15,18). The SMILES string of the molecule is CCNC(=O)CCN(CCO)Cc1ccccc1. The van der Waals surface area contributed by atoms with E-state index in [-0.39, 0.29) is 12.5 Å². The number of carbonyl (C=O) groups is 1. The van der Waals surface area contributed by atoms with Crippen LogP contribution in [0.2, 0.25) is 0 Å². The van der Waals surface area contributed by atoms with E-state index in [0.29, 0.717) is 26.1 Å². The molecule has 100 valence electrons. The van der Waals surface area contributed by atoms with Crippen molar-refractivity contribution < 1.29 is 9.90 Å². The third-order valence-corrected chi connectivity index (χ3v) is 2.69. The normalized spacial score (nSPS) is 10.6. The van der Waals surface area contributed by atoms with Crippen LogP contribution in [-0.4, -0.2) is 42.2 Å². The van der Waals surface area contributed by atoms with E-state index >= 15 is 0 Å². The fourth-order valence-corrected chi connectivity index (χ4v) is 1.80. The smallest absolute Gasteiger partial charge is 0.221 e. The molecule has 1 aromatic carbocycles. The predicted molar refractivity (Wildman–Crippen MR) is 72.1 cm³/mol. The number of hydrogen-bond acceptors (Lipinski definition) is 3. The van der Waals surface area contributed by atoms with Gasteiger partial charge in [0.15, 0.2) is 0 Å². The van der Waals surface area contributed by atoms with Gasteiger partial charge in [0.1, 0.15) is 0 Å². The van der Waals surface area contributed by atoms with E-state index < -0.39 is 0 Å². The number of rotatable bonds is 8. The minimum atomic E-state index is 0.0634. The number of aliphatic hydroxyl groups is 1. The Balaban J connectivity index is 2.42. The van der Waals surface area contributed by atoms with Crippen molar-refractivity contribution in [1.29, 1.82) is 0 Å². The van der Waals surface area contributed by atoms with E-state index in [1.165, 1.54) is 5.56 Å². The van der Waals surface area contributed by atoms with Crippen LogP contribution >= 0.6 is 0 Å². The first kappa shape index (κ1) is 14.7. The van der Waals surface area contributed by atoms with Gasteiger partial charge < -0.3 is 10.4 Å². The van der Waals surface area contributed by atoms with Gasteiger partial charge in [0, 0.05) is 32.6 Å². The van der Waals surface area contributed by atoms with E-state index in [1.807, 2.05) is 25.1 Å². The van der Waals surface area contributed by atoms with Crippen LogP contribution < -0.4 is 5.32 Å². The molecule has 0 fully saturated rings. The summed E-state index contributed by atoms with van der Waals surface area (Å²) in [6.07, 6.45) is 0.473. The van der Waals surface area contributed by atoms with Crippen LogP contribution in [0.25, 0.3) is 0 Å². The molecular formula is C14H22N2O2. The van der Waals surface area contributed by atoms with Gasteiger partial charge in [-0.25, -0.2) is 0 Å². The van der Waals surface area contributed by atoms with Crippen LogP contribution in [-0.2, 0) is 11.3 Å². The lowest BCUT2D eigenvalue weighted by Gasteiger charge is -2.21. The first-order chi connectivity index (χ1) is 8.76. The topological polar surface area (TPSA) is 52.6 Å². The third-order valence-electron chi connectivity index (χ3n) is 2.69. The van der Waals surface area contributed by atoms with Crippen LogP contribution in [0.5, 0.6) is 0 Å². The van der Waals surface area contributed by atoms with Crippen molar-refractivity contribution in [3.05, 3.63) is 35.9 Å². The van der Waals surface area contributed by atoms with Crippen molar-refractivity contribution >= 4 is 5.91 Å². The number of carbonyl (C=O) groups excluding carboxylic acids is 1. The van der Waals surface area contributed by atoms with E-state index in [2.05, 4.69) is 22.3 Å². The second-order valence-electron chi connectivity index (χ2n) is 4.19. The molecule has 0 radical (unpaired) electrons. The number of amides is 1. The summed E-state index contributed by atoms with van der Waals surface area (Å²) < 4.78 is 0. The second kappa shape index (κ2) is 8.66. The van der Waals surface area contributed by atoms with Gasteiger partial charge in [-0.15, -0.1) is 0 Å². The van der Waals surface area contributed by atoms with Crippen molar-refractivity contribution in [1.82, 2.24) is 10.2 Å². The summed E-state index contributed by atoms with van der Waals surface area (Å²) in [7, 11) is 0. The maximum absolute atomic E-state index is 11.4. The highest BCUT2D eigenvalue weighted by Gasteiger charge is 2.08. The zero-order valence-corrected chi connectivity index (χ0v) is 10.9. The Kier molecular flexibility index (Phi) is 7.06. The van der Waals surface area contributed by atoms with Crippen molar-refractivity contribution in [2.75, 3.05) is 26.2 Å². The largest absolute Gasteiger partial charge is 0.395 e. The Hall–Kier alpha value is -1.39. The molecule has 0 bridgehead atoms. The van der Waals surface area contributed by atoms with Crippen LogP contribution in [0.4, 0.5) is 0 Å². The first-order valence-electron chi connectivity index (χ1n) is 6.40. The molecule has 0 heterocycles. The summed E-state index contributed by atoms with van der Waals surface area (Å²) in [5.74, 6) is 0.0634. The predicted octanol–water partition coefficient (Wildman–Crippen LogP) is 1.01. The van der Waals surface area contributed by atoms with E-state index in [9.17, 15) is 4.79 Å². The zero-order chi connectivity index (χ0) is 13.2. The van der Waals surface area contributed by atoms with Gasteiger partial charge in [0.25, 0.3) is 0 Å². The molecule has 2 N–H and O–H groups in total. The number of hydrogen-bond donors (Lipinski definition) is 2. The zero-order valence-electron chi connectivity index (χ0n) is 10.9. The summed E-state index contributed by atoms with van der Waals surface area (Å²) in [6, 6.07) is 10.1. The minimum Gasteiger partial charge on any atom is -0.395 e. The highest BCUT2D eigenvalue weighted by atomic mass is 16.3. The number of benzene rings is 1. The van der Waals surface area contributed by atoms with Gasteiger partial charge in [0.2, 0.25) is 5.91 Å². The van der Waals surface area contributed by atoms with Gasteiger partial charge in [0.05, 0.1) is 6.61 Å². The maximum Gasteiger partial charge on any atom is 0.221 e. The Labute approximate surface area is 109 Å². The number of nitrogens with one attached hydrogen (secondary N) is 1. The summed E-state index contributed by atoms with van der Waals surface area (Å²) in [5, 5.41) is 11.8. The van der Waals surface area contributed by atoms with E-state index in [4.69, 9.17) is 5.11 Å². The van der Waals surface area contributed by atoms with Crippen molar-refractivity contribution in [2.24, 2.45) is 0 Å². The van der Waals surface area contributed by atoms with Gasteiger partial charge in [-0.2, -0.15) is 0 Å². The molecule has 0 atom stereocenters. The molecular weight excluding hydrogens is 228 g/mol. The molecule has 0 aliphatic heterocycles. The Morgan fingerprint density at radius 3 is 2.61 bits per heavy atom. The third kappa shape index (κ3) is 5.80. The highest BCUT2D eigenvalue weighted by molar-refractivity contribution is 5.75. The van der Waals surface area contributed by atoms with E-state index in [1.54, 1.807) is 0 Å². The molecule has 0 spiro atoms. The summed E-state index contributed by atoms with van der Waals surface area (Å²) in [4.78, 5) is 13.5. The molecule has 0 saturated carbocycles. The molecule has 4 nitrogen and oxygen atoms in total. The average Bonchev–Trinajstić information content (AvgIpc) is 2.38. The number of nitrogens with zero attached hydrogens (tertiary/aromatic N) is 1. The monoisotopic (exact) mass is 250 g/mol. The molecule has 0 aliphatic rings. The van der Waals surface area contributed by atoms with Crippen LogP contribution in [0.1, 0.15) is 18.9 Å². The second-order valence-corrected chi connectivity index (χ2v) is 4.19. The lowest BCUT2D eigenvalue weighted by Crippen LogP contribution is -2.32. The van der Waals surface area contributed by atoms with Crippen LogP contribution in [0, 0.1) is 0 Å². The molecule has 4 heteroatoms. The van der Waals surface area contributed by atoms with Crippen molar-refractivity contribution in [3.8, 4) is 0 Å². The summed E-state index contributed by atoms with van der Waals surface area (Å²) in [5.41, 5.74) is 1.20. The summed E-state index contributed by atoms with van der Waals surface area (Å²) in [6.45, 7) is 4.71. The Morgan fingerprint density at radius 1 is 1.28 bits per heavy atom. The molecule has 1 aromatic rings. The van der Waals surface area contributed by atoms with Crippen molar-refractivity contribution in [2.45, 2.75) is 19.9 Å². The lowest BCUT2D eigenvalue weighted by atomic mass is 10.2. The summed E-state index contributed by atoms with van der Waals surface area (Å²) >= 11 is 0. The Morgan fingerprint density at radius 2 is 2.00 bits per heavy atom. The van der Waals surface area contributed by atoms with Crippen LogP contribution in [0.3, 0.4) is 0 Å². The van der Waals surface area contributed by atoms with E-state index in [0.717, 1.165) is 6.54 Å². The first-order valence-corrected chi connectivity index (χ1v) is 6.40. The number of aliphatic hydroxyl groups excluding tert-OH is 1. The molecule has 1 rings (SSSR count). The van der Waals surface area contributed by atoms with Crippen LogP contribution in [0.15, 0.2) is 30.3 Å². The van der Waals surface area contributed by atoms with Gasteiger partial charge in [-0.3, -0.25) is 9.69 Å². The van der Waals surface area contributed by atoms with Gasteiger partial charge in [-0.05, 0) is 12.5 Å². The molecule has 18 heavy (non-hydrogen) atoms. The highest BCUT2D eigenvalue weighted by Crippen LogP contribution is 2.04. The fraction of sp³-hybridized carbons (Fsp3) is 0.500. The average molecular weight is 250 g/mol. The lowest BCUT2D eigenvalue weighted by molar-refractivity contribution is -0.121. The Bertz CT molecular complexity index is 341. The van der Waals surface area contributed by atoms with Gasteiger partial charge in [-0.1, -0.05) is 30.3 Å². The minimum absolute atomic E-state index is 0.0634. The molecule has 1 amide bonds.